The van der Waals surface area contributed by atoms with Gasteiger partial charge in [0.25, 0.3) is 0 Å². The van der Waals surface area contributed by atoms with E-state index in [0.29, 0.717) is 6.42 Å². The highest BCUT2D eigenvalue weighted by Crippen LogP contribution is 2.27. The lowest BCUT2D eigenvalue weighted by Crippen LogP contribution is -2.45. The van der Waals surface area contributed by atoms with E-state index in [1.54, 1.807) is 0 Å². The predicted octanol–water partition coefficient (Wildman–Crippen LogP) is 1.82. The zero-order valence-corrected chi connectivity index (χ0v) is 9.20. The molecule has 0 heterocycles. The molecule has 0 aromatic carbocycles. The van der Waals surface area contributed by atoms with E-state index in [0.717, 1.165) is 25.7 Å². The van der Waals surface area contributed by atoms with Crippen molar-refractivity contribution in [2.75, 3.05) is 0 Å². The van der Waals surface area contributed by atoms with E-state index < -0.39 is 11.9 Å². The van der Waals surface area contributed by atoms with Crippen LogP contribution in [-0.2, 0) is 4.74 Å². The maximum atomic E-state index is 9.82. The fraction of sp³-hybridized carbons (Fsp3) is 1.00. The molecule has 0 radical (unpaired) electrons. The van der Waals surface area contributed by atoms with Crippen molar-refractivity contribution in [1.82, 2.24) is 0 Å². The van der Waals surface area contributed by atoms with Crippen LogP contribution in [-0.4, -0.2) is 28.2 Å². The fourth-order valence-electron chi connectivity index (χ4n) is 1.97. The van der Waals surface area contributed by atoms with Gasteiger partial charge in [0.1, 0.15) is 6.10 Å². The Morgan fingerprint density at radius 1 is 1.14 bits per heavy atom. The minimum atomic E-state index is -1.62. The summed E-state index contributed by atoms with van der Waals surface area (Å²) in [7, 11) is 0. The van der Waals surface area contributed by atoms with Crippen LogP contribution in [0.25, 0.3) is 0 Å². The molecule has 1 fully saturated rings. The van der Waals surface area contributed by atoms with Crippen molar-refractivity contribution in [2.45, 2.75) is 70.4 Å². The quantitative estimate of drug-likeness (QED) is 0.671. The van der Waals surface area contributed by atoms with Crippen molar-refractivity contribution in [1.29, 1.82) is 0 Å². The Hall–Kier alpha value is -0.120. The van der Waals surface area contributed by atoms with Gasteiger partial charge in [0.2, 0.25) is 0 Å². The van der Waals surface area contributed by atoms with Crippen LogP contribution >= 0.6 is 0 Å². The van der Waals surface area contributed by atoms with Gasteiger partial charge in [-0.15, -0.1) is 0 Å². The van der Waals surface area contributed by atoms with Crippen LogP contribution < -0.4 is 0 Å². The molecule has 1 atom stereocenters. The molecule has 1 unspecified atom stereocenters. The molecule has 1 rings (SSSR count). The van der Waals surface area contributed by atoms with E-state index in [-0.39, 0.29) is 6.10 Å². The lowest BCUT2D eigenvalue weighted by molar-refractivity contribution is -0.253. The first-order valence-corrected chi connectivity index (χ1v) is 5.62. The van der Waals surface area contributed by atoms with E-state index in [9.17, 15) is 10.2 Å². The maximum Gasteiger partial charge on any atom is 0.189 e. The Morgan fingerprint density at radius 3 is 2.43 bits per heavy atom. The SMILES string of the molecule is CC(C)OC1CCCCCCC1(O)O. The molecular formula is C11H22O3. The molecule has 0 bridgehead atoms. The van der Waals surface area contributed by atoms with Gasteiger partial charge < -0.3 is 14.9 Å². The van der Waals surface area contributed by atoms with E-state index in [2.05, 4.69) is 0 Å². The summed E-state index contributed by atoms with van der Waals surface area (Å²) in [6.07, 6.45) is 5.01. The minimum absolute atomic E-state index is 0.0538. The Kier molecular flexibility index (Phi) is 4.35. The van der Waals surface area contributed by atoms with Crippen LogP contribution in [0, 0.1) is 0 Å². The molecule has 1 aliphatic rings. The summed E-state index contributed by atoms with van der Waals surface area (Å²) in [5.74, 6) is -1.62. The zero-order valence-electron chi connectivity index (χ0n) is 9.20. The third-order valence-corrected chi connectivity index (χ3v) is 2.71. The Bertz CT molecular complexity index is 166. The van der Waals surface area contributed by atoms with Gasteiger partial charge in [0, 0.05) is 6.42 Å². The number of rotatable bonds is 2. The second-order valence-corrected chi connectivity index (χ2v) is 4.50. The van der Waals surface area contributed by atoms with Gasteiger partial charge in [-0.2, -0.15) is 0 Å². The van der Waals surface area contributed by atoms with Gasteiger partial charge in [-0.25, -0.2) is 0 Å². The lowest BCUT2D eigenvalue weighted by Gasteiger charge is -2.34. The summed E-state index contributed by atoms with van der Waals surface area (Å²) < 4.78 is 5.54. The lowest BCUT2D eigenvalue weighted by atomic mass is 9.93. The summed E-state index contributed by atoms with van der Waals surface area (Å²) >= 11 is 0. The molecule has 14 heavy (non-hydrogen) atoms. The average Bonchev–Trinajstić information content (AvgIpc) is 2.05. The summed E-state index contributed by atoms with van der Waals surface area (Å²) in [6.45, 7) is 3.85. The molecule has 3 nitrogen and oxygen atoms in total. The van der Waals surface area contributed by atoms with Crippen LogP contribution in [0.4, 0.5) is 0 Å². The van der Waals surface area contributed by atoms with E-state index in [1.807, 2.05) is 13.8 Å². The van der Waals surface area contributed by atoms with Crippen LogP contribution in [0.1, 0.15) is 52.4 Å². The maximum absolute atomic E-state index is 9.82. The molecule has 2 N–H and O–H groups in total. The second-order valence-electron chi connectivity index (χ2n) is 4.50. The first kappa shape index (κ1) is 12.0. The highest BCUT2D eigenvalue weighted by Gasteiger charge is 2.35. The molecule has 3 heteroatoms. The van der Waals surface area contributed by atoms with Crippen LogP contribution in [0.3, 0.4) is 0 Å². The van der Waals surface area contributed by atoms with Crippen molar-refractivity contribution in [3.63, 3.8) is 0 Å². The number of hydrogen-bond donors (Lipinski definition) is 2. The second kappa shape index (κ2) is 5.10. The van der Waals surface area contributed by atoms with Gasteiger partial charge in [-0.1, -0.05) is 19.3 Å². The molecule has 0 aromatic heterocycles. The molecule has 0 aliphatic heterocycles. The zero-order chi connectivity index (χ0) is 10.6. The fourth-order valence-corrected chi connectivity index (χ4v) is 1.97. The van der Waals surface area contributed by atoms with Crippen molar-refractivity contribution in [3.05, 3.63) is 0 Å². The average molecular weight is 202 g/mol. The van der Waals surface area contributed by atoms with Gasteiger partial charge in [0.15, 0.2) is 5.79 Å². The van der Waals surface area contributed by atoms with Crippen LogP contribution in [0.15, 0.2) is 0 Å². The van der Waals surface area contributed by atoms with Crippen LogP contribution in [0.2, 0.25) is 0 Å². The standard InChI is InChI=1S/C11H22O3/c1-9(2)14-10-7-5-3-4-6-8-11(10,12)13/h9-10,12-13H,3-8H2,1-2H3. The van der Waals surface area contributed by atoms with Crippen molar-refractivity contribution < 1.29 is 14.9 Å². The Labute approximate surface area is 86.1 Å². The largest absolute Gasteiger partial charge is 0.370 e. The van der Waals surface area contributed by atoms with Crippen molar-refractivity contribution >= 4 is 0 Å². The molecule has 0 amide bonds. The topological polar surface area (TPSA) is 49.7 Å². The highest BCUT2D eigenvalue weighted by atomic mass is 16.6. The Morgan fingerprint density at radius 2 is 1.79 bits per heavy atom. The van der Waals surface area contributed by atoms with Gasteiger partial charge in [0.05, 0.1) is 6.10 Å². The summed E-state index contributed by atoms with van der Waals surface area (Å²) in [6, 6.07) is 0. The highest BCUT2D eigenvalue weighted by molar-refractivity contribution is 4.79. The number of hydrogen-bond acceptors (Lipinski definition) is 3. The van der Waals surface area contributed by atoms with Crippen molar-refractivity contribution in [2.24, 2.45) is 0 Å². The molecule has 84 valence electrons. The first-order chi connectivity index (χ1) is 6.52. The van der Waals surface area contributed by atoms with Gasteiger partial charge in [-0.05, 0) is 26.7 Å². The predicted molar refractivity (Wildman–Crippen MR) is 54.9 cm³/mol. The summed E-state index contributed by atoms with van der Waals surface area (Å²) in [5.41, 5.74) is 0. The van der Waals surface area contributed by atoms with Gasteiger partial charge in [-0.3, -0.25) is 0 Å². The number of ether oxygens (including phenoxy) is 1. The normalized spacial score (nSPS) is 28.5. The summed E-state index contributed by atoms with van der Waals surface area (Å²) in [5, 5.41) is 19.6. The molecule has 1 aliphatic carbocycles. The molecule has 0 spiro atoms. The molecule has 1 saturated carbocycles. The Balaban J connectivity index is 2.55. The number of aliphatic hydroxyl groups is 2. The molecule has 0 saturated heterocycles. The van der Waals surface area contributed by atoms with E-state index >= 15 is 0 Å². The smallest absolute Gasteiger partial charge is 0.189 e. The monoisotopic (exact) mass is 202 g/mol. The molecular weight excluding hydrogens is 180 g/mol. The van der Waals surface area contributed by atoms with Crippen molar-refractivity contribution in [3.8, 4) is 0 Å². The minimum Gasteiger partial charge on any atom is -0.370 e. The third-order valence-electron chi connectivity index (χ3n) is 2.71. The van der Waals surface area contributed by atoms with Gasteiger partial charge >= 0.3 is 0 Å². The first-order valence-electron chi connectivity index (χ1n) is 5.62. The van der Waals surface area contributed by atoms with Crippen LogP contribution in [0.5, 0.6) is 0 Å². The van der Waals surface area contributed by atoms with E-state index in [1.165, 1.54) is 6.42 Å². The third kappa shape index (κ3) is 3.56. The van der Waals surface area contributed by atoms with E-state index in [4.69, 9.17) is 4.74 Å². The molecule has 0 aromatic rings. The summed E-state index contributed by atoms with van der Waals surface area (Å²) in [4.78, 5) is 0.